The molecule has 0 spiro atoms. The molecule has 1 aromatic carbocycles. The second kappa shape index (κ2) is 10.5. The topological polar surface area (TPSA) is 101 Å². The Morgan fingerprint density at radius 1 is 1.31 bits per heavy atom. The smallest absolute Gasteiger partial charge is 0.241 e. The third-order valence-electron chi connectivity index (χ3n) is 5.10. The second-order valence-electron chi connectivity index (χ2n) is 7.07. The van der Waals surface area contributed by atoms with Crippen molar-refractivity contribution in [3.05, 3.63) is 29.8 Å². The number of amides is 2. The van der Waals surface area contributed by atoms with E-state index in [2.05, 4.69) is 10.2 Å². The van der Waals surface area contributed by atoms with Gasteiger partial charge in [-0.2, -0.15) is 0 Å². The van der Waals surface area contributed by atoms with Crippen LogP contribution in [0.5, 0.6) is 0 Å². The van der Waals surface area contributed by atoms with Crippen molar-refractivity contribution in [2.45, 2.75) is 45.7 Å². The fourth-order valence-electron chi connectivity index (χ4n) is 3.12. The fourth-order valence-corrected chi connectivity index (χ4v) is 3.12. The van der Waals surface area contributed by atoms with Gasteiger partial charge in [-0.3, -0.25) is 14.5 Å². The van der Waals surface area contributed by atoms with Crippen LogP contribution in [0.4, 0.5) is 5.69 Å². The lowest BCUT2D eigenvalue weighted by atomic mass is 9.97. The minimum atomic E-state index is -0.497. The summed E-state index contributed by atoms with van der Waals surface area (Å²) in [6, 6.07) is 7.29. The monoisotopic (exact) mass is 382 g/mol. The summed E-state index contributed by atoms with van der Waals surface area (Å²) >= 11 is 0. The van der Waals surface area contributed by atoms with Crippen molar-refractivity contribution in [3.63, 3.8) is 0 Å². The van der Waals surface area contributed by atoms with E-state index in [1.807, 2.05) is 38.1 Å². The molecule has 146 valence electrons. The Bertz CT molecular complexity index is 594. The van der Waals surface area contributed by atoms with E-state index >= 15 is 0 Å². The van der Waals surface area contributed by atoms with Crippen molar-refractivity contribution in [3.8, 4) is 0 Å². The molecule has 0 aromatic heterocycles. The maximum Gasteiger partial charge on any atom is 0.241 e. The molecule has 2 rings (SSSR count). The number of rotatable bonds is 7. The van der Waals surface area contributed by atoms with Gasteiger partial charge >= 0.3 is 0 Å². The largest absolute Gasteiger partial charge is 0.369 e. The maximum absolute atomic E-state index is 12.1. The normalized spacial score (nSPS) is 19.9. The van der Waals surface area contributed by atoms with Crippen LogP contribution >= 0.6 is 12.4 Å². The first-order valence-corrected chi connectivity index (χ1v) is 9.07. The fraction of sp³-hybridized carbons (Fsp3) is 0.579. The number of hydrogen-bond acceptors (Lipinski definition) is 4. The summed E-state index contributed by atoms with van der Waals surface area (Å²) in [5.41, 5.74) is 13.3. The third kappa shape index (κ3) is 6.27. The SMILES string of the molecule is CCC(C)C(N)C(=O)Nc1ccc(CN2CCCC(C(N)=O)C2)cc1.Cl. The molecule has 1 aliphatic rings. The molecule has 6 nitrogen and oxygen atoms in total. The molecule has 0 radical (unpaired) electrons. The number of primary amides is 1. The Morgan fingerprint density at radius 2 is 1.96 bits per heavy atom. The Morgan fingerprint density at radius 3 is 2.54 bits per heavy atom. The van der Waals surface area contributed by atoms with E-state index in [-0.39, 0.29) is 36.1 Å². The summed E-state index contributed by atoms with van der Waals surface area (Å²) in [7, 11) is 0. The van der Waals surface area contributed by atoms with Gasteiger partial charge in [0.2, 0.25) is 11.8 Å². The molecule has 1 aliphatic heterocycles. The van der Waals surface area contributed by atoms with Crippen LogP contribution in [0.2, 0.25) is 0 Å². The highest BCUT2D eigenvalue weighted by Crippen LogP contribution is 2.19. The summed E-state index contributed by atoms with van der Waals surface area (Å²) < 4.78 is 0. The summed E-state index contributed by atoms with van der Waals surface area (Å²) in [5, 5.41) is 2.87. The maximum atomic E-state index is 12.1. The molecule has 1 heterocycles. The minimum Gasteiger partial charge on any atom is -0.369 e. The molecule has 7 heteroatoms. The van der Waals surface area contributed by atoms with Crippen LogP contribution in [0.3, 0.4) is 0 Å². The first-order valence-electron chi connectivity index (χ1n) is 9.07. The van der Waals surface area contributed by atoms with Gasteiger partial charge in [0, 0.05) is 18.8 Å². The summed E-state index contributed by atoms with van der Waals surface area (Å²) in [4.78, 5) is 25.8. The molecule has 0 saturated carbocycles. The predicted molar refractivity (Wildman–Crippen MR) is 107 cm³/mol. The van der Waals surface area contributed by atoms with Crippen molar-refractivity contribution in [2.24, 2.45) is 23.3 Å². The zero-order valence-electron chi connectivity index (χ0n) is 15.6. The van der Waals surface area contributed by atoms with Crippen molar-refractivity contribution in [1.29, 1.82) is 0 Å². The highest BCUT2D eigenvalue weighted by Gasteiger charge is 2.24. The predicted octanol–water partition coefficient (Wildman–Crippen LogP) is 2.12. The Labute approximate surface area is 162 Å². The Hall–Kier alpha value is -1.63. The van der Waals surface area contributed by atoms with Crippen molar-refractivity contribution in [1.82, 2.24) is 4.90 Å². The average molecular weight is 383 g/mol. The molecule has 0 bridgehead atoms. The lowest BCUT2D eigenvalue weighted by Crippen LogP contribution is -2.40. The molecule has 3 atom stereocenters. The molecule has 3 unspecified atom stereocenters. The lowest BCUT2D eigenvalue weighted by Gasteiger charge is -2.31. The zero-order valence-corrected chi connectivity index (χ0v) is 16.4. The van der Waals surface area contributed by atoms with Gasteiger partial charge in [-0.15, -0.1) is 12.4 Å². The van der Waals surface area contributed by atoms with E-state index in [4.69, 9.17) is 11.5 Å². The number of anilines is 1. The number of carbonyl (C=O) groups is 2. The molecule has 1 fully saturated rings. The molecule has 5 N–H and O–H groups in total. The van der Waals surface area contributed by atoms with E-state index in [0.717, 1.165) is 50.1 Å². The van der Waals surface area contributed by atoms with Crippen LogP contribution in [0.25, 0.3) is 0 Å². The van der Waals surface area contributed by atoms with Crippen molar-refractivity contribution >= 4 is 29.9 Å². The number of nitrogens with two attached hydrogens (primary N) is 2. The number of halogens is 1. The van der Waals surface area contributed by atoms with Crippen LogP contribution in [0.1, 0.15) is 38.7 Å². The standard InChI is InChI=1S/C19H30N4O2.ClH/c1-3-13(2)17(20)19(25)22-16-8-6-14(7-9-16)11-23-10-4-5-15(12-23)18(21)24;/h6-9,13,15,17H,3-5,10-12,20H2,1-2H3,(H2,21,24)(H,22,25);1H. The molecular weight excluding hydrogens is 352 g/mol. The molecule has 1 saturated heterocycles. The van der Waals surface area contributed by atoms with Crippen molar-refractivity contribution in [2.75, 3.05) is 18.4 Å². The van der Waals surface area contributed by atoms with E-state index in [0.29, 0.717) is 0 Å². The second-order valence-corrected chi connectivity index (χ2v) is 7.07. The van der Waals surface area contributed by atoms with Gasteiger partial charge in [0.15, 0.2) is 0 Å². The number of carbonyl (C=O) groups excluding carboxylic acids is 2. The van der Waals surface area contributed by atoms with Crippen LogP contribution in [0.15, 0.2) is 24.3 Å². The average Bonchev–Trinajstić information content (AvgIpc) is 2.62. The van der Waals surface area contributed by atoms with Crippen LogP contribution in [-0.2, 0) is 16.1 Å². The first-order chi connectivity index (χ1) is 11.9. The molecule has 26 heavy (non-hydrogen) atoms. The number of benzene rings is 1. The van der Waals surface area contributed by atoms with Gasteiger partial charge < -0.3 is 16.8 Å². The number of piperidine rings is 1. The highest BCUT2D eigenvalue weighted by atomic mass is 35.5. The third-order valence-corrected chi connectivity index (χ3v) is 5.10. The van der Waals surface area contributed by atoms with Crippen LogP contribution < -0.4 is 16.8 Å². The van der Waals surface area contributed by atoms with E-state index in [1.165, 1.54) is 0 Å². The molecule has 1 aromatic rings. The first kappa shape index (κ1) is 22.4. The van der Waals surface area contributed by atoms with Gasteiger partial charge in [-0.1, -0.05) is 32.4 Å². The van der Waals surface area contributed by atoms with Gasteiger partial charge in [-0.25, -0.2) is 0 Å². The van der Waals surface area contributed by atoms with E-state index in [9.17, 15) is 9.59 Å². The number of nitrogens with one attached hydrogen (secondary N) is 1. The number of nitrogens with zero attached hydrogens (tertiary/aromatic N) is 1. The quantitative estimate of drug-likeness (QED) is 0.672. The van der Waals surface area contributed by atoms with E-state index < -0.39 is 6.04 Å². The Balaban J connectivity index is 0.00000338. The molecule has 2 amide bonds. The summed E-state index contributed by atoms with van der Waals surface area (Å²) in [6.07, 6.45) is 2.75. The summed E-state index contributed by atoms with van der Waals surface area (Å²) in [5.74, 6) is -0.256. The molecular formula is C19H31ClN4O2. The van der Waals surface area contributed by atoms with E-state index in [1.54, 1.807) is 0 Å². The lowest BCUT2D eigenvalue weighted by molar-refractivity contribution is -0.123. The van der Waals surface area contributed by atoms with Crippen molar-refractivity contribution < 1.29 is 9.59 Å². The van der Waals surface area contributed by atoms with Gasteiger partial charge in [0.25, 0.3) is 0 Å². The molecule has 0 aliphatic carbocycles. The van der Waals surface area contributed by atoms with Crippen LogP contribution in [-0.4, -0.2) is 35.8 Å². The number of likely N-dealkylation sites (tertiary alicyclic amines) is 1. The zero-order chi connectivity index (χ0) is 18.4. The number of hydrogen-bond donors (Lipinski definition) is 3. The Kier molecular flexibility index (Phi) is 9.05. The minimum absolute atomic E-state index is 0. The summed E-state index contributed by atoms with van der Waals surface area (Å²) in [6.45, 7) is 6.48. The van der Waals surface area contributed by atoms with Crippen LogP contribution in [0, 0.1) is 11.8 Å². The highest BCUT2D eigenvalue weighted by molar-refractivity contribution is 5.94. The van der Waals surface area contributed by atoms with Gasteiger partial charge in [-0.05, 0) is 43.0 Å². The van der Waals surface area contributed by atoms with Gasteiger partial charge in [0.1, 0.15) is 0 Å². The van der Waals surface area contributed by atoms with Gasteiger partial charge in [0.05, 0.1) is 12.0 Å².